The third-order valence-corrected chi connectivity index (χ3v) is 3.91. The number of benzene rings is 1. The highest BCUT2D eigenvalue weighted by molar-refractivity contribution is 9.10. The van der Waals surface area contributed by atoms with Crippen LogP contribution in [0.5, 0.6) is 0 Å². The fraction of sp³-hybridized carbons (Fsp3) is 0.400. The molecule has 0 unspecified atom stereocenters. The summed E-state index contributed by atoms with van der Waals surface area (Å²) in [4.78, 5) is 0. The average molecular weight is 322 g/mol. The van der Waals surface area contributed by atoms with E-state index in [9.17, 15) is 0 Å². The average Bonchev–Trinajstić information content (AvgIpc) is 2.66. The summed E-state index contributed by atoms with van der Waals surface area (Å²) in [5, 5.41) is 8.01. The van der Waals surface area contributed by atoms with Gasteiger partial charge < -0.3 is 5.32 Å². The van der Waals surface area contributed by atoms with Crippen molar-refractivity contribution in [1.82, 2.24) is 9.78 Å². The van der Waals surface area contributed by atoms with Gasteiger partial charge in [-0.1, -0.05) is 22.9 Å². The lowest BCUT2D eigenvalue weighted by Gasteiger charge is -2.08. The molecule has 0 radical (unpaired) electrons. The van der Waals surface area contributed by atoms with E-state index in [1.54, 1.807) is 0 Å². The molecule has 1 N–H and O–H groups in total. The van der Waals surface area contributed by atoms with Crippen molar-refractivity contribution in [3.63, 3.8) is 0 Å². The molecule has 0 atom stereocenters. The second-order valence-corrected chi connectivity index (χ2v) is 5.58. The maximum Gasteiger partial charge on any atom is 0.0628 e. The molecule has 0 spiro atoms. The lowest BCUT2D eigenvalue weighted by Crippen LogP contribution is -2.13. The first-order valence-electron chi connectivity index (χ1n) is 6.64. The van der Waals surface area contributed by atoms with Crippen LogP contribution >= 0.6 is 15.9 Å². The molecule has 0 saturated heterocycles. The van der Waals surface area contributed by atoms with Crippen molar-refractivity contribution < 1.29 is 0 Å². The van der Waals surface area contributed by atoms with Crippen LogP contribution in [0.4, 0.5) is 5.69 Å². The number of halogens is 1. The standard InChI is InChI=1S/C15H20BrN3/c1-4-15-11(2)18-19(12(15)3)10-9-17-14-7-5-13(16)6-8-14/h5-8,17H,4,9-10H2,1-3H3. The van der Waals surface area contributed by atoms with Crippen molar-refractivity contribution in [2.45, 2.75) is 33.7 Å². The number of aromatic nitrogens is 2. The van der Waals surface area contributed by atoms with Crippen LogP contribution in [0.25, 0.3) is 0 Å². The van der Waals surface area contributed by atoms with Gasteiger partial charge in [0, 0.05) is 22.4 Å². The Labute approximate surface area is 123 Å². The van der Waals surface area contributed by atoms with Gasteiger partial charge in [-0.25, -0.2) is 0 Å². The molecule has 0 saturated carbocycles. The van der Waals surface area contributed by atoms with E-state index < -0.39 is 0 Å². The third-order valence-electron chi connectivity index (χ3n) is 3.38. The van der Waals surface area contributed by atoms with Crippen molar-refractivity contribution >= 4 is 21.6 Å². The number of hydrogen-bond donors (Lipinski definition) is 1. The lowest BCUT2D eigenvalue weighted by molar-refractivity contribution is 0.614. The van der Waals surface area contributed by atoms with Gasteiger partial charge in [0.1, 0.15) is 0 Å². The van der Waals surface area contributed by atoms with Crippen LogP contribution in [0, 0.1) is 13.8 Å². The molecule has 0 bridgehead atoms. The van der Waals surface area contributed by atoms with E-state index in [1.807, 2.05) is 12.1 Å². The normalized spacial score (nSPS) is 10.7. The van der Waals surface area contributed by atoms with Crippen molar-refractivity contribution in [3.8, 4) is 0 Å². The SMILES string of the molecule is CCc1c(C)nn(CCNc2ccc(Br)cc2)c1C. The van der Waals surface area contributed by atoms with Crippen LogP contribution < -0.4 is 5.32 Å². The second kappa shape index (κ2) is 6.24. The van der Waals surface area contributed by atoms with Crippen LogP contribution in [-0.4, -0.2) is 16.3 Å². The zero-order valence-corrected chi connectivity index (χ0v) is 13.3. The van der Waals surface area contributed by atoms with Crippen molar-refractivity contribution in [3.05, 3.63) is 45.7 Å². The Morgan fingerprint density at radius 3 is 2.47 bits per heavy atom. The summed E-state index contributed by atoms with van der Waals surface area (Å²) in [6.07, 6.45) is 1.05. The highest BCUT2D eigenvalue weighted by Crippen LogP contribution is 2.15. The van der Waals surface area contributed by atoms with Crippen LogP contribution in [0.15, 0.2) is 28.7 Å². The second-order valence-electron chi connectivity index (χ2n) is 4.66. The largest absolute Gasteiger partial charge is 0.383 e. The molecular weight excluding hydrogens is 302 g/mol. The van der Waals surface area contributed by atoms with Gasteiger partial charge in [-0.05, 0) is 50.1 Å². The summed E-state index contributed by atoms with van der Waals surface area (Å²) in [5.41, 5.74) is 4.96. The molecule has 0 fully saturated rings. The summed E-state index contributed by atoms with van der Waals surface area (Å²) < 4.78 is 3.20. The quantitative estimate of drug-likeness (QED) is 0.904. The molecule has 0 amide bonds. The van der Waals surface area contributed by atoms with Crippen LogP contribution in [0.3, 0.4) is 0 Å². The Balaban J connectivity index is 1.94. The Hall–Kier alpha value is -1.29. The molecule has 4 heteroatoms. The predicted molar refractivity (Wildman–Crippen MR) is 83.7 cm³/mol. The maximum absolute atomic E-state index is 4.60. The minimum Gasteiger partial charge on any atom is -0.383 e. The molecule has 1 heterocycles. The van der Waals surface area contributed by atoms with Crippen LogP contribution in [0.2, 0.25) is 0 Å². The minimum atomic E-state index is 0.882. The predicted octanol–water partition coefficient (Wildman–Crippen LogP) is 3.94. The van der Waals surface area contributed by atoms with E-state index in [4.69, 9.17) is 0 Å². The smallest absolute Gasteiger partial charge is 0.0628 e. The molecule has 19 heavy (non-hydrogen) atoms. The highest BCUT2D eigenvalue weighted by atomic mass is 79.9. The fourth-order valence-electron chi connectivity index (χ4n) is 2.34. The van der Waals surface area contributed by atoms with Crippen molar-refractivity contribution in [1.29, 1.82) is 0 Å². The van der Waals surface area contributed by atoms with Gasteiger partial charge >= 0.3 is 0 Å². The number of anilines is 1. The molecule has 0 aliphatic heterocycles. The van der Waals surface area contributed by atoms with Crippen LogP contribution in [-0.2, 0) is 13.0 Å². The number of nitrogens with zero attached hydrogens (tertiary/aromatic N) is 2. The summed E-state index contributed by atoms with van der Waals surface area (Å²) in [6.45, 7) is 8.19. The van der Waals surface area contributed by atoms with Crippen molar-refractivity contribution in [2.75, 3.05) is 11.9 Å². The van der Waals surface area contributed by atoms with Gasteiger partial charge in [-0.2, -0.15) is 5.10 Å². The Kier molecular flexibility index (Phi) is 4.64. The van der Waals surface area contributed by atoms with Gasteiger partial charge in [0.2, 0.25) is 0 Å². The molecule has 0 aliphatic carbocycles. The van der Waals surface area contributed by atoms with E-state index in [0.717, 1.165) is 35.4 Å². The number of aryl methyl sites for hydroxylation is 1. The van der Waals surface area contributed by atoms with E-state index in [1.165, 1.54) is 11.3 Å². The molecular formula is C15H20BrN3. The molecule has 1 aromatic carbocycles. The number of nitrogens with one attached hydrogen (secondary N) is 1. The molecule has 1 aromatic heterocycles. The first-order valence-corrected chi connectivity index (χ1v) is 7.43. The molecule has 3 nitrogen and oxygen atoms in total. The van der Waals surface area contributed by atoms with Gasteiger partial charge in [0.05, 0.1) is 12.2 Å². The molecule has 102 valence electrons. The minimum absolute atomic E-state index is 0.882. The van der Waals surface area contributed by atoms with E-state index in [0.29, 0.717) is 0 Å². The van der Waals surface area contributed by atoms with E-state index in [2.05, 4.69) is 63.9 Å². The van der Waals surface area contributed by atoms with E-state index >= 15 is 0 Å². The summed E-state index contributed by atoms with van der Waals surface area (Å²) in [5.74, 6) is 0. The Bertz CT molecular complexity index is 543. The third kappa shape index (κ3) is 3.38. The maximum atomic E-state index is 4.60. The zero-order chi connectivity index (χ0) is 13.8. The number of hydrogen-bond acceptors (Lipinski definition) is 2. The topological polar surface area (TPSA) is 29.9 Å². The lowest BCUT2D eigenvalue weighted by atomic mass is 10.1. The van der Waals surface area contributed by atoms with Gasteiger partial charge in [0.15, 0.2) is 0 Å². The molecule has 2 aromatic rings. The Morgan fingerprint density at radius 2 is 1.89 bits per heavy atom. The fourth-order valence-corrected chi connectivity index (χ4v) is 2.60. The van der Waals surface area contributed by atoms with Crippen molar-refractivity contribution in [2.24, 2.45) is 0 Å². The monoisotopic (exact) mass is 321 g/mol. The van der Waals surface area contributed by atoms with Gasteiger partial charge in [0.25, 0.3) is 0 Å². The first kappa shape index (κ1) is 14.1. The van der Waals surface area contributed by atoms with E-state index in [-0.39, 0.29) is 0 Å². The van der Waals surface area contributed by atoms with Crippen LogP contribution in [0.1, 0.15) is 23.9 Å². The van der Waals surface area contributed by atoms with Gasteiger partial charge in [-0.15, -0.1) is 0 Å². The molecule has 2 rings (SSSR count). The Morgan fingerprint density at radius 1 is 1.21 bits per heavy atom. The molecule has 0 aliphatic rings. The summed E-state index contributed by atoms with van der Waals surface area (Å²) in [7, 11) is 0. The summed E-state index contributed by atoms with van der Waals surface area (Å²) >= 11 is 3.44. The zero-order valence-electron chi connectivity index (χ0n) is 11.7. The number of rotatable bonds is 5. The summed E-state index contributed by atoms with van der Waals surface area (Å²) in [6, 6.07) is 8.23. The van der Waals surface area contributed by atoms with Gasteiger partial charge in [-0.3, -0.25) is 4.68 Å². The highest BCUT2D eigenvalue weighted by Gasteiger charge is 2.08. The first-order chi connectivity index (χ1) is 9.11.